The van der Waals surface area contributed by atoms with Gasteiger partial charge in [-0.1, -0.05) is 12.5 Å². The van der Waals surface area contributed by atoms with E-state index in [2.05, 4.69) is 6.07 Å². The molecule has 1 atom stereocenters. The van der Waals surface area contributed by atoms with Gasteiger partial charge in [0.2, 0.25) is 0 Å². The zero-order valence-corrected chi connectivity index (χ0v) is 8.58. The molecule has 0 aromatic heterocycles. The zero-order chi connectivity index (χ0) is 11.8. The van der Waals surface area contributed by atoms with Gasteiger partial charge in [0.15, 0.2) is 11.6 Å². The lowest BCUT2D eigenvalue weighted by atomic mass is 9.65. The molecule has 0 radical (unpaired) electrons. The monoisotopic (exact) mass is 223 g/mol. The summed E-state index contributed by atoms with van der Waals surface area (Å²) in [6.45, 7) is 0. The van der Waals surface area contributed by atoms with Crippen molar-refractivity contribution in [2.45, 2.75) is 25.4 Å². The molecule has 4 heteroatoms. The van der Waals surface area contributed by atoms with Crippen LogP contribution in [-0.4, -0.2) is 5.11 Å². The van der Waals surface area contributed by atoms with E-state index in [1.54, 1.807) is 0 Å². The summed E-state index contributed by atoms with van der Waals surface area (Å²) in [5, 5.41) is 19.0. The van der Waals surface area contributed by atoms with Crippen LogP contribution in [0.2, 0.25) is 0 Å². The average molecular weight is 223 g/mol. The van der Waals surface area contributed by atoms with Crippen LogP contribution in [0.5, 0.6) is 0 Å². The number of aliphatic hydroxyl groups excluding tert-OH is 1. The molecule has 2 rings (SSSR count). The van der Waals surface area contributed by atoms with Crippen molar-refractivity contribution in [1.29, 1.82) is 5.26 Å². The first-order valence-electron chi connectivity index (χ1n) is 5.13. The first-order valence-corrected chi connectivity index (χ1v) is 5.13. The number of aliphatic hydroxyl groups is 1. The largest absolute Gasteiger partial charge is 0.387 e. The van der Waals surface area contributed by atoms with Crippen LogP contribution in [0.15, 0.2) is 18.2 Å². The Morgan fingerprint density at radius 3 is 2.44 bits per heavy atom. The Morgan fingerprint density at radius 2 is 2.00 bits per heavy atom. The van der Waals surface area contributed by atoms with Crippen LogP contribution in [0, 0.1) is 28.4 Å². The van der Waals surface area contributed by atoms with Crippen LogP contribution in [0.1, 0.15) is 30.9 Å². The van der Waals surface area contributed by atoms with E-state index in [9.17, 15) is 13.9 Å². The van der Waals surface area contributed by atoms with E-state index in [0.29, 0.717) is 12.8 Å². The van der Waals surface area contributed by atoms with Crippen LogP contribution in [0.25, 0.3) is 0 Å². The molecule has 0 bridgehead atoms. The van der Waals surface area contributed by atoms with Crippen LogP contribution < -0.4 is 0 Å². The second kappa shape index (κ2) is 3.84. The molecule has 16 heavy (non-hydrogen) atoms. The van der Waals surface area contributed by atoms with E-state index in [1.165, 1.54) is 6.07 Å². The van der Waals surface area contributed by atoms with Gasteiger partial charge in [-0.05, 0) is 30.5 Å². The van der Waals surface area contributed by atoms with E-state index in [1.807, 2.05) is 0 Å². The highest BCUT2D eigenvalue weighted by Gasteiger charge is 2.44. The van der Waals surface area contributed by atoms with E-state index in [-0.39, 0.29) is 5.56 Å². The maximum atomic E-state index is 13.0. The third kappa shape index (κ3) is 1.57. The minimum atomic E-state index is -1.04. The molecule has 0 heterocycles. The van der Waals surface area contributed by atoms with Crippen molar-refractivity contribution >= 4 is 0 Å². The smallest absolute Gasteiger partial charge is 0.159 e. The van der Waals surface area contributed by atoms with Gasteiger partial charge < -0.3 is 5.11 Å². The summed E-state index contributed by atoms with van der Waals surface area (Å²) in [4.78, 5) is 0. The van der Waals surface area contributed by atoms with Crippen LogP contribution >= 0.6 is 0 Å². The molecule has 0 amide bonds. The summed E-state index contributed by atoms with van der Waals surface area (Å²) in [6.07, 6.45) is 1.04. The van der Waals surface area contributed by atoms with E-state index < -0.39 is 23.2 Å². The Hall–Kier alpha value is -1.47. The fourth-order valence-corrected chi connectivity index (χ4v) is 2.01. The summed E-state index contributed by atoms with van der Waals surface area (Å²) in [5.41, 5.74) is -0.551. The Kier molecular flexibility index (Phi) is 2.64. The summed E-state index contributed by atoms with van der Waals surface area (Å²) < 4.78 is 25.7. The van der Waals surface area contributed by atoms with E-state index in [4.69, 9.17) is 5.26 Å². The second-order valence-corrected chi connectivity index (χ2v) is 4.20. The van der Waals surface area contributed by atoms with Gasteiger partial charge in [0.1, 0.15) is 0 Å². The molecular weight excluding hydrogens is 212 g/mol. The van der Waals surface area contributed by atoms with Gasteiger partial charge in [0, 0.05) is 0 Å². The summed E-state index contributed by atoms with van der Waals surface area (Å²) in [6, 6.07) is 5.33. The normalized spacial score (nSPS) is 19.6. The Labute approximate surface area is 92.1 Å². The highest BCUT2D eigenvalue weighted by atomic mass is 19.2. The fourth-order valence-electron chi connectivity index (χ4n) is 2.01. The topological polar surface area (TPSA) is 44.0 Å². The summed E-state index contributed by atoms with van der Waals surface area (Å²) in [5.74, 6) is -1.94. The highest BCUT2D eigenvalue weighted by Crippen LogP contribution is 2.49. The van der Waals surface area contributed by atoms with E-state index >= 15 is 0 Å². The first kappa shape index (κ1) is 11.0. The van der Waals surface area contributed by atoms with Gasteiger partial charge in [-0.2, -0.15) is 5.26 Å². The fraction of sp³-hybridized carbons (Fsp3) is 0.417. The zero-order valence-electron chi connectivity index (χ0n) is 8.58. The van der Waals surface area contributed by atoms with Gasteiger partial charge >= 0.3 is 0 Å². The van der Waals surface area contributed by atoms with Crippen LogP contribution in [0.3, 0.4) is 0 Å². The van der Waals surface area contributed by atoms with Crippen LogP contribution in [-0.2, 0) is 0 Å². The van der Waals surface area contributed by atoms with Gasteiger partial charge in [-0.25, -0.2) is 8.78 Å². The molecule has 1 saturated carbocycles. The van der Waals surface area contributed by atoms with Crippen molar-refractivity contribution in [3.05, 3.63) is 35.4 Å². The third-order valence-electron chi connectivity index (χ3n) is 3.25. The maximum absolute atomic E-state index is 13.0. The van der Waals surface area contributed by atoms with Crippen molar-refractivity contribution in [1.82, 2.24) is 0 Å². The number of hydrogen-bond acceptors (Lipinski definition) is 2. The minimum Gasteiger partial charge on any atom is -0.387 e. The Balaban J connectivity index is 2.31. The van der Waals surface area contributed by atoms with Crippen molar-refractivity contribution in [3.63, 3.8) is 0 Å². The lowest BCUT2D eigenvalue weighted by Gasteiger charge is -2.39. The molecule has 1 unspecified atom stereocenters. The molecule has 2 nitrogen and oxygen atoms in total. The van der Waals surface area contributed by atoms with Crippen molar-refractivity contribution in [2.24, 2.45) is 5.41 Å². The van der Waals surface area contributed by atoms with Crippen LogP contribution in [0.4, 0.5) is 8.78 Å². The predicted molar refractivity (Wildman–Crippen MR) is 53.2 cm³/mol. The number of nitriles is 1. The van der Waals surface area contributed by atoms with E-state index in [0.717, 1.165) is 18.6 Å². The standard InChI is InChI=1S/C12H11F2NO/c13-9-3-2-8(6-10(9)14)11(16)12(7-15)4-1-5-12/h2-3,6,11,16H,1,4-5H2. The molecule has 0 saturated heterocycles. The molecule has 0 spiro atoms. The molecule has 1 aromatic carbocycles. The quantitative estimate of drug-likeness (QED) is 0.837. The molecule has 1 aromatic rings. The summed E-state index contributed by atoms with van der Waals surface area (Å²) >= 11 is 0. The number of nitrogens with zero attached hydrogens (tertiary/aromatic N) is 1. The first-order chi connectivity index (χ1) is 7.59. The average Bonchev–Trinajstić information content (AvgIpc) is 2.21. The van der Waals surface area contributed by atoms with Gasteiger partial charge in [0.05, 0.1) is 17.6 Å². The maximum Gasteiger partial charge on any atom is 0.159 e. The number of rotatable bonds is 2. The molecule has 0 aliphatic heterocycles. The number of benzene rings is 1. The summed E-state index contributed by atoms with van der Waals surface area (Å²) in [7, 11) is 0. The van der Waals surface area contributed by atoms with Gasteiger partial charge in [-0.3, -0.25) is 0 Å². The second-order valence-electron chi connectivity index (χ2n) is 4.20. The van der Waals surface area contributed by atoms with Gasteiger partial charge in [-0.15, -0.1) is 0 Å². The molecule has 1 N–H and O–H groups in total. The molecule has 1 fully saturated rings. The lowest BCUT2D eigenvalue weighted by molar-refractivity contribution is 0.00770. The Morgan fingerprint density at radius 1 is 1.31 bits per heavy atom. The molecule has 1 aliphatic carbocycles. The highest BCUT2D eigenvalue weighted by molar-refractivity contribution is 5.25. The predicted octanol–water partition coefficient (Wildman–Crippen LogP) is 2.69. The van der Waals surface area contributed by atoms with Crippen molar-refractivity contribution < 1.29 is 13.9 Å². The Bertz CT molecular complexity index is 449. The number of halogens is 2. The molecule has 84 valence electrons. The molecular formula is C12H11F2NO. The molecule has 1 aliphatic rings. The number of hydrogen-bond donors (Lipinski definition) is 1. The van der Waals surface area contributed by atoms with Crippen molar-refractivity contribution in [2.75, 3.05) is 0 Å². The lowest BCUT2D eigenvalue weighted by Crippen LogP contribution is -2.34. The SMILES string of the molecule is N#CC1(C(O)c2ccc(F)c(F)c2)CCC1. The van der Waals surface area contributed by atoms with Crippen molar-refractivity contribution in [3.8, 4) is 6.07 Å². The third-order valence-corrected chi connectivity index (χ3v) is 3.25. The minimum absolute atomic E-state index is 0.264. The van der Waals surface area contributed by atoms with Gasteiger partial charge in [0.25, 0.3) is 0 Å².